The molecule has 0 bridgehead atoms. The Morgan fingerprint density at radius 3 is 2.52 bits per heavy atom. The van der Waals surface area contributed by atoms with Crippen molar-refractivity contribution in [1.82, 2.24) is 15.5 Å². The van der Waals surface area contributed by atoms with Gasteiger partial charge in [0.25, 0.3) is 0 Å². The fourth-order valence-corrected chi connectivity index (χ4v) is 3.91. The second kappa shape index (κ2) is 8.04. The van der Waals surface area contributed by atoms with E-state index in [2.05, 4.69) is 15.5 Å². The third-order valence-electron chi connectivity index (χ3n) is 4.47. The van der Waals surface area contributed by atoms with E-state index in [0.717, 1.165) is 31.5 Å². The molecule has 2 aliphatic carbocycles. The number of rotatable bonds is 6. The van der Waals surface area contributed by atoms with Crippen molar-refractivity contribution in [2.45, 2.75) is 75.5 Å². The van der Waals surface area contributed by atoms with Gasteiger partial charge in [-0.25, -0.2) is 0 Å². The summed E-state index contributed by atoms with van der Waals surface area (Å²) in [4.78, 5) is 16.3. The predicted octanol–water partition coefficient (Wildman–Crippen LogP) is 2.42. The van der Waals surface area contributed by atoms with Crippen LogP contribution in [0.1, 0.15) is 75.4 Å². The molecule has 23 heavy (non-hydrogen) atoms. The summed E-state index contributed by atoms with van der Waals surface area (Å²) in [6, 6.07) is 0.240. The van der Waals surface area contributed by atoms with Crippen molar-refractivity contribution in [3.8, 4) is 0 Å². The number of amides is 1. The van der Waals surface area contributed by atoms with Crippen LogP contribution in [0.5, 0.6) is 0 Å². The van der Waals surface area contributed by atoms with Gasteiger partial charge in [0.1, 0.15) is 11.5 Å². The Hall–Kier alpha value is -1.24. The zero-order chi connectivity index (χ0) is 16.1. The zero-order valence-corrected chi connectivity index (χ0v) is 14.3. The van der Waals surface area contributed by atoms with Gasteiger partial charge in [0.05, 0.1) is 0 Å². The first-order valence-electron chi connectivity index (χ1n) is 8.67. The molecule has 0 aromatic carbocycles. The average molecular weight is 339 g/mol. The normalized spacial score (nSPS) is 21.4. The van der Waals surface area contributed by atoms with Gasteiger partial charge < -0.3 is 9.84 Å². The van der Waals surface area contributed by atoms with E-state index in [1.807, 2.05) is 0 Å². The summed E-state index contributed by atoms with van der Waals surface area (Å²) in [5, 5.41) is 6.94. The summed E-state index contributed by atoms with van der Waals surface area (Å²) in [6.45, 7) is 0. The van der Waals surface area contributed by atoms with E-state index in [-0.39, 0.29) is 23.5 Å². The molecule has 1 unspecified atom stereocenters. The van der Waals surface area contributed by atoms with Crippen LogP contribution in [0, 0.1) is 0 Å². The fraction of sp³-hybridized carbons (Fsp3) is 0.812. The summed E-state index contributed by atoms with van der Waals surface area (Å²) in [6.07, 6.45) is 10.4. The zero-order valence-electron chi connectivity index (χ0n) is 13.5. The molecule has 0 saturated heterocycles. The summed E-state index contributed by atoms with van der Waals surface area (Å²) >= 11 is 0. The molecule has 2 saturated carbocycles. The lowest BCUT2D eigenvalue weighted by Crippen LogP contribution is -2.38. The molecule has 0 radical (unpaired) electrons. The van der Waals surface area contributed by atoms with E-state index < -0.39 is 10.8 Å². The molecule has 1 aromatic heterocycles. The Labute approximate surface area is 139 Å². The second-order valence-electron chi connectivity index (χ2n) is 6.66. The molecule has 2 fully saturated rings. The standard InChI is InChI=1S/C16H25N3O3S/c20-14(17-13-6-4-2-1-3-5-7-13)10-23(21)11-15-18-16(19-22-15)12-8-9-12/h12-13H,1-11H2,(H,17,20). The molecule has 2 aliphatic rings. The Morgan fingerprint density at radius 2 is 1.83 bits per heavy atom. The van der Waals surface area contributed by atoms with Crippen molar-refractivity contribution in [3.63, 3.8) is 0 Å². The summed E-state index contributed by atoms with van der Waals surface area (Å²) < 4.78 is 17.2. The topological polar surface area (TPSA) is 85.1 Å². The van der Waals surface area contributed by atoms with Crippen molar-refractivity contribution >= 4 is 16.7 Å². The first-order chi connectivity index (χ1) is 11.2. The summed E-state index contributed by atoms with van der Waals surface area (Å²) in [5.41, 5.74) is 0. The highest BCUT2D eigenvalue weighted by molar-refractivity contribution is 7.84. The van der Waals surface area contributed by atoms with Crippen molar-refractivity contribution < 1.29 is 13.5 Å². The third-order valence-corrected chi connectivity index (χ3v) is 5.63. The third kappa shape index (κ3) is 5.41. The lowest BCUT2D eigenvalue weighted by Gasteiger charge is -2.20. The van der Waals surface area contributed by atoms with Crippen molar-refractivity contribution in [1.29, 1.82) is 0 Å². The van der Waals surface area contributed by atoms with Gasteiger partial charge in [0, 0.05) is 22.8 Å². The average Bonchev–Trinajstić information content (AvgIpc) is 3.22. The number of carbonyl (C=O) groups excluding carboxylic acids is 1. The highest BCUT2D eigenvalue weighted by Gasteiger charge is 2.29. The van der Waals surface area contributed by atoms with E-state index in [1.54, 1.807) is 0 Å². The molecule has 0 spiro atoms. The van der Waals surface area contributed by atoms with Crippen molar-refractivity contribution in [2.75, 3.05) is 5.75 Å². The molecule has 3 rings (SSSR count). The minimum Gasteiger partial charge on any atom is -0.353 e. The SMILES string of the molecule is O=C(CS(=O)Cc1nc(C2CC2)no1)NC1CCCCCCC1. The Kier molecular flexibility index (Phi) is 5.80. The molecule has 7 heteroatoms. The highest BCUT2D eigenvalue weighted by atomic mass is 32.2. The predicted molar refractivity (Wildman–Crippen MR) is 87.2 cm³/mol. The van der Waals surface area contributed by atoms with E-state index in [4.69, 9.17) is 4.52 Å². The highest BCUT2D eigenvalue weighted by Crippen LogP contribution is 2.38. The lowest BCUT2D eigenvalue weighted by atomic mass is 9.97. The van der Waals surface area contributed by atoms with E-state index >= 15 is 0 Å². The van der Waals surface area contributed by atoms with Gasteiger partial charge >= 0.3 is 0 Å². The molecule has 6 nitrogen and oxygen atoms in total. The number of carbonyl (C=O) groups is 1. The van der Waals surface area contributed by atoms with Gasteiger partial charge in [0.2, 0.25) is 11.8 Å². The van der Waals surface area contributed by atoms with Crippen LogP contribution in [0.15, 0.2) is 4.52 Å². The number of hydrogen-bond donors (Lipinski definition) is 1. The minimum atomic E-state index is -1.30. The van der Waals surface area contributed by atoms with Gasteiger partial charge in [-0.05, 0) is 25.7 Å². The van der Waals surface area contributed by atoms with Crippen LogP contribution in [0.25, 0.3) is 0 Å². The molecule has 1 heterocycles. The van der Waals surface area contributed by atoms with Crippen molar-refractivity contribution in [2.24, 2.45) is 0 Å². The fourth-order valence-electron chi connectivity index (χ4n) is 3.04. The largest absolute Gasteiger partial charge is 0.353 e. The van der Waals surface area contributed by atoms with Crippen LogP contribution >= 0.6 is 0 Å². The van der Waals surface area contributed by atoms with Crippen LogP contribution in [0.4, 0.5) is 0 Å². The molecule has 128 valence electrons. The van der Waals surface area contributed by atoms with E-state index in [0.29, 0.717) is 11.8 Å². The summed E-state index contributed by atoms with van der Waals surface area (Å²) in [7, 11) is -1.30. The molecule has 1 amide bonds. The van der Waals surface area contributed by atoms with Gasteiger partial charge in [-0.3, -0.25) is 9.00 Å². The molecule has 1 aromatic rings. The van der Waals surface area contributed by atoms with Gasteiger partial charge in [-0.1, -0.05) is 37.3 Å². The van der Waals surface area contributed by atoms with E-state index in [1.165, 1.54) is 32.1 Å². The maximum absolute atomic E-state index is 12.1. The lowest BCUT2D eigenvalue weighted by molar-refractivity contribution is -0.119. The quantitative estimate of drug-likeness (QED) is 0.860. The van der Waals surface area contributed by atoms with Gasteiger partial charge in [-0.2, -0.15) is 4.98 Å². The Morgan fingerprint density at radius 1 is 1.13 bits per heavy atom. The minimum absolute atomic E-state index is 0.0115. The summed E-state index contributed by atoms with van der Waals surface area (Å²) in [5.74, 6) is 1.56. The maximum Gasteiger partial charge on any atom is 0.239 e. The Balaban J connectivity index is 1.41. The Bertz CT molecular complexity index is 549. The second-order valence-corrected chi connectivity index (χ2v) is 8.12. The molecule has 1 N–H and O–H groups in total. The number of nitrogens with one attached hydrogen (secondary N) is 1. The number of nitrogens with zero attached hydrogens (tertiary/aromatic N) is 2. The van der Waals surface area contributed by atoms with Crippen LogP contribution in [-0.2, 0) is 21.3 Å². The first kappa shape index (κ1) is 16.6. The van der Waals surface area contributed by atoms with Gasteiger partial charge in [0.15, 0.2) is 5.82 Å². The molecule has 0 aliphatic heterocycles. The van der Waals surface area contributed by atoms with Crippen molar-refractivity contribution in [3.05, 3.63) is 11.7 Å². The molecular formula is C16H25N3O3S. The molecular weight excluding hydrogens is 314 g/mol. The van der Waals surface area contributed by atoms with Crippen LogP contribution in [0.3, 0.4) is 0 Å². The molecule has 1 atom stereocenters. The van der Waals surface area contributed by atoms with Crippen LogP contribution in [-0.4, -0.2) is 32.1 Å². The van der Waals surface area contributed by atoms with E-state index in [9.17, 15) is 9.00 Å². The van der Waals surface area contributed by atoms with Crippen LogP contribution in [0.2, 0.25) is 0 Å². The maximum atomic E-state index is 12.1. The number of hydrogen-bond acceptors (Lipinski definition) is 5. The van der Waals surface area contributed by atoms with Crippen LogP contribution < -0.4 is 5.32 Å². The smallest absolute Gasteiger partial charge is 0.239 e. The number of aromatic nitrogens is 2. The van der Waals surface area contributed by atoms with Gasteiger partial charge in [-0.15, -0.1) is 0 Å². The first-order valence-corrected chi connectivity index (χ1v) is 10.2. The monoisotopic (exact) mass is 339 g/mol.